The van der Waals surface area contributed by atoms with Crippen molar-refractivity contribution in [2.24, 2.45) is 5.92 Å². The number of hydrogen-bond donors (Lipinski definition) is 1. The molecule has 8 nitrogen and oxygen atoms in total. The van der Waals surface area contributed by atoms with Gasteiger partial charge in [-0.3, -0.25) is 19.3 Å². The number of amides is 3. The van der Waals surface area contributed by atoms with Crippen LogP contribution in [0.2, 0.25) is 20.1 Å². The molecule has 1 aliphatic heterocycles. The predicted molar refractivity (Wildman–Crippen MR) is 133 cm³/mol. The predicted octanol–water partition coefficient (Wildman–Crippen LogP) is 5.50. The summed E-state index contributed by atoms with van der Waals surface area (Å²) in [6, 6.07) is 5.20. The van der Waals surface area contributed by atoms with Crippen LogP contribution in [0.25, 0.3) is 0 Å². The molecule has 0 aromatic heterocycles. The van der Waals surface area contributed by atoms with Gasteiger partial charge in [-0.25, -0.2) is 4.79 Å². The molecule has 0 saturated carbocycles. The number of halogens is 4. The normalized spacial score (nSPS) is 13.7. The summed E-state index contributed by atoms with van der Waals surface area (Å²) in [6.07, 6.45) is 0.0705. The molecule has 1 N–H and O–H groups in total. The Bertz CT molecular complexity index is 1150. The lowest BCUT2D eigenvalue weighted by molar-refractivity contribution is -0.151. The number of imide groups is 1. The lowest BCUT2D eigenvalue weighted by atomic mass is 10.0. The van der Waals surface area contributed by atoms with Crippen molar-refractivity contribution >= 4 is 75.8 Å². The summed E-state index contributed by atoms with van der Waals surface area (Å²) < 4.78 is 10.2. The molecular formula is C23H20Cl4N2O6. The first-order valence-electron chi connectivity index (χ1n) is 10.3. The molecule has 35 heavy (non-hydrogen) atoms. The van der Waals surface area contributed by atoms with E-state index in [-0.39, 0.29) is 43.6 Å². The van der Waals surface area contributed by atoms with E-state index in [0.29, 0.717) is 11.4 Å². The van der Waals surface area contributed by atoms with E-state index in [1.54, 1.807) is 38.1 Å². The molecule has 1 aliphatic rings. The molecular weight excluding hydrogens is 542 g/mol. The smallest absolute Gasteiger partial charge is 0.329 e. The van der Waals surface area contributed by atoms with Gasteiger partial charge in [-0.05, 0) is 36.6 Å². The Morgan fingerprint density at radius 2 is 1.43 bits per heavy atom. The van der Waals surface area contributed by atoms with Crippen LogP contribution in [0, 0.1) is 5.92 Å². The van der Waals surface area contributed by atoms with Gasteiger partial charge in [-0.2, -0.15) is 0 Å². The van der Waals surface area contributed by atoms with E-state index >= 15 is 0 Å². The third kappa shape index (κ3) is 5.51. The minimum atomic E-state index is -1.33. The summed E-state index contributed by atoms with van der Waals surface area (Å²) in [5.74, 6) is -2.79. The molecule has 0 radical (unpaired) electrons. The van der Waals surface area contributed by atoms with Gasteiger partial charge in [0.2, 0.25) is 0 Å². The van der Waals surface area contributed by atoms with Gasteiger partial charge in [-0.15, -0.1) is 0 Å². The maximum Gasteiger partial charge on any atom is 0.329 e. The van der Waals surface area contributed by atoms with E-state index in [4.69, 9.17) is 55.9 Å². The van der Waals surface area contributed by atoms with Gasteiger partial charge in [0.1, 0.15) is 11.8 Å². The van der Waals surface area contributed by atoms with E-state index in [9.17, 15) is 19.2 Å². The quantitative estimate of drug-likeness (QED) is 0.197. The van der Waals surface area contributed by atoms with Crippen LogP contribution in [-0.2, 0) is 14.3 Å². The number of esters is 1. The van der Waals surface area contributed by atoms with Gasteiger partial charge >= 0.3 is 5.97 Å². The number of fused-ring (bicyclic) bond motifs is 1. The summed E-state index contributed by atoms with van der Waals surface area (Å²) in [5.41, 5.74) is -0.0197. The molecule has 2 aromatic rings. The van der Waals surface area contributed by atoms with Crippen LogP contribution in [-0.4, -0.2) is 48.3 Å². The minimum absolute atomic E-state index is 0.0705. The van der Waals surface area contributed by atoms with Crippen molar-refractivity contribution in [2.75, 3.05) is 19.0 Å². The zero-order valence-corrected chi connectivity index (χ0v) is 21.8. The Labute approximate surface area is 221 Å². The maximum absolute atomic E-state index is 13.2. The summed E-state index contributed by atoms with van der Waals surface area (Å²) in [7, 11) is 1.51. The monoisotopic (exact) mass is 560 g/mol. The highest BCUT2D eigenvalue weighted by Gasteiger charge is 2.47. The van der Waals surface area contributed by atoms with Crippen molar-refractivity contribution in [1.82, 2.24) is 4.90 Å². The Kier molecular flexibility index (Phi) is 8.54. The van der Waals surface area contributed by atoms with Crippen LogP contribution in [0.5, 0.6) is 5.75 Å². The second-order valence-electron chi connectivity index (χ2n) is 8.02. The topological polar surface area (TPSA) is 102 Å². The number of anilines is 1. The fraction of sp³-hybridized carbons (Fsp3) is 0.304. The summed E-state index contributed by atoms with van der Waals surface area (Å²) in [5, 5.41) is 1.72. The first-order chi connectivity index (χ1) is 16.5. The van der Waals surface area contributed by atoms with Crippen LogP contribution in [0.15, 0.2) is 24.3 Å². The number of nitrogens with one attached hydrogen (secondary N) is 1. The third-order valence-corrected chi connectivity index (χ3v) is 6.93. The molecule has 0 saturated heterocycles. The molecule has 0 unspecified atom stereocenters. The maximum atomic E-state index is 13.2. The highest BCUT2D eigenvalue weighted by atomic mass is 35.5. The van der Waals surface area contributed by atoms with Crippen LogP contribution in [0.1, 0.15) is 41.0 Å². The highest BCUT2D eigenvalue weighted by Crippen LogP contribution is 2.45. The van der Waals surface area contributed by atoms with E-state index in [0.717, 1.165) is 4.90 Å². The van der Waals surface area contributed by atoms with Crippen LogP contribution >= 0.6 is 46.4 Å². The Hall–Kier alpha value is -2.52. The van der Waals surface area contributed by atoms with Crippen molar-refractivity contribution in [3.63, 3.8) is 0 Å². The van der Waals surface area contributed by atoms with Crippen molar-refractivity contribution in [3.05, 3.63) is 55.5 Å². The molecule has 0 spiro atoms. The van der Waals surface area contributed by atoms with E-state index in [2.05, 4.69) is 5.32 Å². The highest BCUT2D eigenvalue weighted by molar-refractivity contribution is 6.55. The molecule has 0 aliphatic carbocycles. The van der Waals surface area contributed by atoms with Gasteiger partial charge < -0.3 is 14.8 Å². The van der Waals surface area contributed by atoms with Crippen LogP contribution < -0.4 is 10.1 Å². The number of carbonyl (C=O) groups excluding carboxylic acids is 4. The average Bonchev–Trinajstić information content (AvgIpc) is 3.08. The van der Waals surface area contributed by atoms with Gasteiger partial charge in [0, 0.05) is 5.69 Å². The second-order valence-corrected chi connectivity index (χ2v) is 9.53. The van der Waals surface area contributed by atoms with Crippen molar-refractivity contribution < 1.29 is 28.7 Å². The van der Waals surface area contributed by atoms with Gasteiger partial charge in [-0.1, -0.05) is 60.3 Å². The number of rotatable bonds is 8. The van der Waals surface area contributed by atoms with E-state index < -0.39 is 36.3 Å². The number of methoxy groups -OCH3 is 1. The van der Waals surface area contributed by atoms with Gasteiger partial charge in [0.25, 0.3) is 17.7 Å². The molecule has 2 aromatic carbocycles. The summed E-state index contributed by atoms with van der Waals surface area (Å²) in [6.45, 7) is 2.95. The average molecular weight is 562 g/mol. The number of ether oxygens (including phenoxy) is 2. The fourth-order valence-electron chi connectivity index (χ4n) is 3.51. The van der Waals surface area contributed by atoms with E-state index in [1.807, 2.05) is 0 Å². The molecule has 0 fully saturated rings. The molecule has 3 rings (SSSR count). The summed E-state index contributed by atoms with van der Waals surface area (Å²) in [4.78, 5) is 52.3. The number of hydrogen-bond acceptors (Lipinski definition) is 6. The van der Waals surface area contributed by atoms with Crippen molar-refractivity contribution in [3.8, 4) is 5.75 Å². The van der Waals surface area contributed by atoms with Crippen molar-refractivity contribution in [2.45, 2.75) is 26.3 Å². The molecule has 0 bridgehead atoms. The minimum Gasteiger partial charge on any atom is -0.497 e. The lowest BCUT2D eigenvalue weighted by Gasteiger charge is -2.26. The Morgan fingerprint density at radius 3 is 1.89 bits per heavy atom. The first-order valence-corrected chi connectivity index (χ1v) is 11.8. The van der Waals surface area contributed by atoms with Gasteiger partial charge in [0.05, 0.1) is 38.3 Å². The first kappa shape index (κ1) is 27.1. The number of benzene rings is 2. The zero-order chi connectivity index (χ0) is 26.0. The molecule has 186 valence electrons. The second kappa shape index (κ2) is 11.0. The molecule has 12 heteroatoms. The van der Waals surface area contributed by atoms with Crippen LogP contribution in [0.3, 0.4) is 0 Å². The summed E-state index contributed by atoms with van der Waals surface area (Å²) >= 11 is 24.5. The fourth-order valence-corrected chi connectivity index (χ4v) is 4.52. The number of nitrogens with zero attached hydrogens (tertiary/aromatic N) is 1. The largest absolute Gasteiger partial charge is 0.497 e. The van der Waals surface area contributed by atoms with E-state index in [1.165, 1.54) is 7.11 Å². The molecule has 3 amide bonds. The Morgan fingerprint density at radius 1 is 0.914 bits per heavy atom. The zero-order valence-electron chi connectivity index (χ0n) is 18.8. The molecule has 1 heterocycles. The van der Waals surface area contributed by atoms with Crippen molar-refractivity contribution in [1.29, 1.82) is 0 Å². The standard InChI is InChI=1S/C23H20Cl4N2O6/c1-10(2)8-13(23(33)35-9-14(30)28-11-4-6-12(34-3)7-5-11)29-21(31)15-16(22(29)32)18(25)20(27)19(26)17(15)24/h4-7,10,13H,8-9H2,1-3H3,(H,28,30)/t13-/m0/s1. The lowest BCUT2D eigenvalue weighted by Crippen LogP contribution is -2.47. The SMILES string of the molecule is COc1ccc(NC(=O)COC(=O)[C@H](CC(C)C)N2C(=O)c3c(Cl)c(Cl)c(Cl)c(Cl)c3C2=O)cc1. The van der Waals surface area contributed by atoms with Crippen LogP contribution in [0.4, 0.5) is 5.69 Å². The Balaban J connectivity index is 1.79. The third-order valence-electron chi connectivity index (χ3n) is 5.13. The number of carbonyl (C=O) groups is 4. The van der Waals surface area contributed by atoms with Gasteiger partial charge in [0.15, 0.2) is 6.61 Å². The molecule has 1 atom stereocenters.